The number of likely N-dealkylation sites (N-methyl/N-ethyl adjacent to an activating group) is 1. The summed E-state index contributed by atoms with van der Waals surface area (Å²) in [7, 11) is 1.82. The molecule has 0 radical (unpaired) electrons. The lowest BCUT2D eigenvalue weighted by atomic mass is 10.0. The number of amides is 1. The number of aromatic nitrogens is 4. The molecule has 2 atom stereocenters. The van der Waals surface area contributed by atoms with E-state index in [1.54, 1.807) is 28.6 Å². The summed E-state index contributed by atoms with van der Waals surface area (Å²) in [6.45, 7) is 3.47. The van der Waals surface area contributed by atoms with Crippen LogP contribution in [0.1, 0.15) is 23.9 Å². The maximum Gasteiger partial charge on any atom is 0.247 e. The molecule has 0 aliphatic carbocycles. The van der Waals surface area contributed by atoms with Gasteiger partial charge < -0.3 is 10.2 Å². The van der Waals surface area contributed by atoms with E-state index in [-0.39, 0.29) is 17.8 Å². The number of hydrogen-bond donors (Lipinski definition) is 1. The van der Waals surface area contributed by atoms with Gasteiger partial charge in [0.1, 0.15) is 17.7 Å². The summed E-state index contributed by atoms with van der Waals surface area (Å²) in [5.41, 5.74) is 0.864. The lowest BCUT2D eigenvalue weighted by Gasteiger charge is -2.28. The van der Waals surface area contributed by atoms with Crippen LogP contribution in [0.5, 0.6) is 0 Å². The third kappa shape index (κ3) is 3.43. The zero-order valence-electron chi connectivity index (χ0n) is 13.8. The van der Waals surface area contributed by atoms with Crippen molar-refractivity contribution in [3.05, 3.63) is 41.5 Å². The molecule has 3 rings (SSSR count). The number of aryl methyl sites for hydroxylation is 1. The topological polar surface area (TPSA) is 75.9 Å². The molecular weight excluding hydrogens is 311 g/mol. The van der Waals surface area contributed by atoms with E-state index in [2.05, 4.69) is 20.8 Å². The first kappa shape index (κ1) is 16.5. The van der Waals surface area contributed by atoms with Gasteiger partial charge in [-0.2, -0.15) is 0 Å². The van der Waals surface area contributed by atoms with Crippen molar-refractivity contribution in [2.24, 2.45) is 0 Å². The highest BCUT2D eigenvalue weighted by molar-refractivity contribution is 5.81. The Balaban J connectivity index is 1.85. The van der Waals surface area contributed by atoms with Crippen molar-refractivity contribution < 1.29 is 9.18 Å². The lowest BCUT2D eigenvalue weighted by Crippen LogP contribution is -2.43. The standard InChI is InChI=1S/C16H21FN6O/c1-11-19-20-21-23(11)15(9-12-3-5-13(17)6-4-12)16(24)22(2)14-7-8-18-10-14/h3-6,14-15,18H,7-10H2,1-2H3. The molecule has 7 nitrogen and oxygen atoms in total. The molecule has 2 heterocycles. The van der Waals surface area contributed by atoms with E-state index < -0.39 is 6.04 Å². The van der Waals surface area contributed by atoms with E-state index in [1.807, 2.05) is 7.05 Å². The van der Waals surface area contributed by atoms with E-state index in [4.69, 9.17) is 0 Å². The number of hydrogen-bond acceptors (Lipinski definition) is 5. The second-order valence-corrected chi connectivity index (χ2v) is 6.11. The first-order valence-corrected chi connectivity index (χ1v) is 8.02. The molecule has 1 aliphatic heterocycles. The minimum Gasteiger partial charge on any atom is -0.340 e. The van der Waals surface area contributed by atoms with Crippen LogP contribution in [0.15, 0.2) is 24.3 Å². The van der Waals surface area contributed by atoms with Crippen LogP contribution in [0.25, 0.3) is 0 Å². The van der Waals surface area contributed by atoms with Gasteiger partial charge in [0.2, 0.25) is 5.91 Å². The maximum atomic E-state index is 13.1. The van der Waals surface area contributed by atoms with Gasteiger partial charge in [0.05, 0.1) is 0 Å². The van der Waals surface area contributed by atoms with Gasteiger partial charge in [-0.05, 0) is 48.0 Å². The van der Waals surface area contributed by atoms with Crippen LogP contribution in [0, 0.1) is 12.7 Å². The van der Waals surface area contributed by atoms with Gasteiger partial charge >= 0.3 is 0 Å². The van der Waals surface area contributed by atoms with Gasteiger partial charge in [0, 0.05) is 26.1 Å². The molecule has 8 heteroatoms. The van der Waals surface area contributed by atoms with E-state index >= 15 is 0 Å². The van der Waals surface area contributed by atoms with Crippen LogP contribution in [0.2, 0.25) is 0 Å². The average Bonchev–Trinajstić information content (AvgIpc) is 3.25. The smallest absolute Gasteiger partial charge is 0.247 e. The molecule has 1 saturated heterocycles. The Hall–Kier alpha value is -2.35. The summed E-state index contributed by atoms with van der Waals surface area (Å²) in [5.74, 6) is 0.242. The van der Waals surface area contributed by atoms with Gasteiger partial charge in [-0.25, -0.2) is 9.07 Å². The first-order chi connectivity index (χ1) is 11.6. The second-order valence-electron chi connectivity index (χ2n) is 6.11. The highest BCUT2D eigenvalue weighted by Gasteiger charge is 2.31. The highest BCUT2D eigenvalue weighted by Crippen LogP contribution is 2.20. The molecule has 2 unspecified atom stereocenters. The summed E-state index contributed by atoms with van der Waals surface area (Å²) < 4.78 is 14.7. The number of nitrogens with one attached hydrogen (secondary N) is 1. The van der Waals surface area contributed by atoms with Crippen molar-refractivity contribution >= 4 is 5.91 Å². The average molecular weight is 332 g/mol. The Morgan fingerprint density at radius 2 is 2.21 bits per heavy atom. The monoisotopic (exact) mass is 332 g/mol. The summed E-state index contributed by atoms with van der Waals surface area (Å²) >= 11 is 0. The Bertz CT molecular complexity index is 695. The predicted molar refractivity (Wildman–Crippen MR) is 85.7 cm³/mol. The highest BCUT2D eigenvalue weighted by atomic mass is 19.1. The lowest BCUT2D eigenvalue weighted by molar-refractivity contribution is -0.135. The van der Waals surface area contributed by atoms with Crippen molar-refractivity contribution in [1.29, 1.82) is 0 Å². The van der Waals surface area contributed by atoms with Gasteiger partial charge in [-0.3, -0.25) is 4.79 Å². The molecule has 1 aliphatic rings. The van der Waals surface area contributed by atoms with Crippen LogP contribution < -0.4 is 5.32 Å². The second kappa shape index (κ2) is 7.04. The van der Waals surface area contributed by atoms with E-state index in [9.17, 15) is 9.18 Å². The van der Waals surface area contributed by atoms with Crippen molar-refractivity contribution in [2.75, 3.05) is 20.1 Å². The van der Waals surface area contributed by atoms with E-state index in [1.165, 1.54) is 12.1 Å². The minimum atomic E-state index is -0.545. The Morgan fingerprint density at radius 1 is 1.46 bits per heavy atom. The number of rotatable bonds is 5. The van der Waals surface area contributed by atoms with Crippen molar-refractivity contribution in [3.63, 3.8) is 0 Å². The molecule has 2 aromatic rings. The first-order valence-electron chi connectivity index (χ1n) is 8.02. The summed E-state index contributed by atoms with van der Waals surface area (Å²) in [5, 5.41) is 14.8. The number of carbonyl (C=O) groups excluding carboxylic acids is 1. The Labute approximate surface area is 139 Å². The van der Waals surface area contributed by atoms with Gasteiger partial charge in [0.25, 0.3) is 0 Å². The third-order valence-corrected chi connectivity index (χ3v) is 4.51. The number of halogens is 1. The summed E-state index contributed by atoms with van der Waals surface area (Å²) in [6.07, 6.45) is 1.34. The van der Waals surface area contributed by atoms with Gasteiger partial charge in [0.15, 0.2) is 0 Å². The zero-order chi connectivity index (χ0) is 17.1. The molecule has 1 aromatic carbocycles. The molecular formula is C16H21FN6O. The maximum absolute atomic E-state index is 13.1. The number of carbonyl (C=O) groups is 1. The summed E-state index contributed by atoms with van der Waals surface area (Å²) in [6, 6.07) is 5.79. The quantitative estimate of drug-likeness (QED) is 0.873. The Morgan fingerprint density at radius 3 is 2.79 bits per heavy atom. The zero-order valence-corrected chi connectivity index (χ0v) is 13.8. The molecule has 128 valence electrons. The van der Waals surface area contributed by atoms with Gasteiger partial charge in [-0.1, -0.05) is 12.1 Å². The Kier molecular flexibility index (Phi) is 4.84. The van der Waals surface area contributed by atoms with Crippen molar-refractivity contribution in [3.8, 4) is 0 Å². The van der Waals surface area contributed by atoms with Crippen molar-refractivity contribution in [2.45, 2.75) is 31.8 Å². The molecule has 24 heavy (non-hydrogen) atoms. The molecule has 1 amide bonds. The number of benzene rings is 1. The number of nitrogens with zero attached hydrogens (tertiary/aromatic N) is 5. The van der Waals surface area contributed by atoms with Crippen LogP contribution >= 0.6 is 0 Å². The van der Waals surface area contributed by atoms with Crippen LogP contribution in [0.4, 0.5) is 4.39 Å². The SMILES string of the molecule is Cc1nnnn1C(Cc1ccc(F)cc1)C(=O)N(C)C1CCNC1. The van der Waals surface area contributed by atoms with Crippen molar-refractivity contribution in [1.82, 2.24) is 30.4 Å². The summed E-state index contributed by atoms with van der Waals surface area (Å²) in [4.78, 5) is 14.8. The fourth-order valence-electron chi connectivity index (χ4n) is 3.03. The van der Waals surface area contributed by atoms with Crippen LogP contribution in [-0.2, 0) is 11.2 Å². The molecule has 1 N–H and O–H groups in total. The fourth-order valence-corrected chi connectivity index (χ4v) is 3.03. The van der Waals surface area contributed by atoms with Crippen LogP contribution in [0.3, 0.4) is 0 Å². The predicted octanol–water partition coefficient (Wildman–Crippen LogP) is 0.725. The van der Waals surface area contributed by atoms with Crippen LogP contribution in [-0.4, -0.2) is 57.2 Å². The molecule has 0 saturated carbocycles. The minimum absolute atomic E-state index is 0.0385. The molecule has 0 bridgehead atoms. The molecule has 1 aromatic heterocycles. The number of tetrazole rings is 1. The van der Waals surface area contributed by atoms with E-state index in [0.29, 0.717) is 12.2 Å². The largest absolute Gasteiger partial charge is 0.340 e. The normalized spacial score (nSPS) is 18.5. The molecule has 1 fully saturated rings. The third-order valence-electron chi connectivity index (χ3n) is 4.51. The molecule has 0 spiro atoms. The van der Waals surface area contributed by atoms with E-state index in [0.717, 1.165) is 25.1 Å². The van der Waals surface area contributed by atoms with Gasteiger partial charge in [-0.15, -0.1) is 5.10 Å². The fraction of sp³-hybridized carbons (Fsp3) is 0.500.